The number of benzene rings is 1. The molecule has 0 saturated carbocycles. The van der Waals surface area contributed by atoms with Crippen molar-refractivity contribution >= 4 is 5.69 Å². The highest BCUT2D eigenvalue weighted by molar-refractivity contribution is 5.61. The number of nitrogens with zero attached hydrogens (tertiary/aromatic N) is 4. The monoisotopic (exact) mass is 267 g/mol. The summed E-state index contributed by atoms with van der Waals surface area (Å²) in [6.45, 7) is 5.01. The molecule has 2 heterocycles. The summed E-state index contributed by atoms with van der Waals surface area (Å²) in [4.78, 5) is 0. The predicted octanol–water partition coefficient (Wildman–Crippen LogP) is 2.65. The van der Waals surface area contributed by atoms with Crippen molar-refractivity contribution in [3.63, 3.8) is 0 Å². The molecule has 0 aliphatic carbocycles. The van der Waals surface area contributed by atoms with E-state index in [0.29, 0.717) is 0 Å². The smallest absolute Gasteiger partial charge is 0.0961 e. The lowest BCUT2D eigenvalue weighted by Crippen LogP contribution is -1.99. The minimum Gasteiger partial charge on any atom is -0.399 e. The first-order chi connectivity index (χ1) is 9.69. The molecule has 0 amide bonds. The molecule has 0 spiro atoms. The first-order valence-electron chi connectivity index (χ1n) is 6.63. The number of aromatic nitrogens is 4. The number of hydrogen-bond donors (Lipinski definition) is 1. The van der Waals surface area contributed by atoms with Crippen LogP contribution in [0.2, 0.25) is 0 Å². The molecule has 5 nitrogen and oxygen atoms in total. The first kappa shape index (κ1) is 12.5. The van der Waals surface area contributed by atoms with E-state index in [2.05, 4.69) is 24.0 Å². The van der Waals surface area contributed by atoms with E-state index >= 15 is 0 Å². The molecular formula is C15H17N5. The van der Waals surface area contributed by atoms with E-state index in [-0.39, 0.29) is 0 Å². The first-order valence-corrected chi connectivity index (χ1v) is 6.63. The summed E-state index contributed by atoms with van der Waals surface area (Å²) in [5.74, 6) is 0. The number of aryl methyl sites for hydroxylation is 1. The molecule has 2 aromatic heterocycles. The van der Waals surface area contributed by atoms with Crippen molar-refractivity contribution in [2.75, 3.05) is 5.73 Å². The van der Waals surface area contributed by atoms with Crippen LogP contribution in [0.4, 0.5) is 5.69 Å². The van der Waals surface area contributed by atoms with Crippen LogP contribution in [0.15, 0.2) is 42.7 Å². The van der Waals surface area contributed by atoms with Crippen molar-refractivity contribution in [2.45, 2.75) is 20.4 Å². The zero-order chi connectivity index (χ0) is 14.1. The number of anilines is 1. The number of nitrogens with two attached hydrogens (primary N) is 1. The third-order valence-corrected chi connectivity index (χ3v) is 3.43. The van der Waals surface area contributed by atoms with Crippen molar-refractivity contribution < 1.29 is 0 Å². The van der Waals surface area contributed by atoms with Gasteiger partial charge in [-0.2, -0.15) is 10.2 Å². The molecule has 0 atom stereocenters. The molecule has 3 aromatic rings. The molecule has 0 aliphatic rings. The van der Waals surface area contributed by atoms with E-state index in [0.717, 1.165) is 34.9 Å². The molecule has 0 unspecified atom stereocenters. The Kier molecular flexibility index (Phi) is 3.02. The Morgan fingerprint density at radius 2 is 1.90 bits per heavy atom. The lowest BCUT2D eigenvalue weighted by atomic mass is 10.2. The minimum absolute atomic E-state index is 0.751. The maximum absolute atomic E-state index is 5.70. The van der Waals surface area contributed by atoms with Gasteiger partial charge in [0, 0.05) is 29.7 Å². The normalized spacial score (nSPS) is 10.9. The van der Waals surface area contributed by atoms with Gasteiger partial charge in [-0.1, -0.05) is 0 Å². The van der Waals surface area contributed by atoms with Crippen molar-refractivity contribution in [1.82, 2.24) is 19.6 Å². The Morgan fingerprint density at radius 1 is 1.15 bits per heavy atom. The Bertz CT molecular complexity index is 721. The van der Waals surface area contributed by atoms with E-state index in [1.54, 1.807) is 0 Å². The fourth-order valence-corrected chi connectivity index (χ4v) is 2.26. The summed E-state index contributed by atoms with van der Waals surface area (Å²) in [5, 5.41) is 8.97. The van der Waals surface area contributed by atoms with Crippen LogP contribution >= 0.6 is 0 Å². The van der Waals surface area contributed by atoms with Crippen LogP contribution in [-0.4, -0.2) is 19.6 Å². The molecule has 0 fully saturated rings. The zero-order valence-corrected chi connectivity index (χ0v) is 11.6. The molecule has 5 heteroatoms. The fraction of sp³-hybridized carbons (Fsp3) is 0.200. The maximum atomic E-state index is 5.70. The maximum Gasteiger partial charge on any atom is 0.0961 e. The van der Waals surface area contributed by atoms with E-state index in [4.69, 9.17) is 5.73 Å². The van der Waals surface area contributed by atoms with Crippen molar-refractivity contribution in [3.05, 3.63) is 48.4 Å². The van der Waals surface area contributed by atoms with Gasteiger partial charge in [-0.15, -0.1) is 0 Å². The number of rotatable bonds is 3. The minimum atomic E-state index is 0.751. The lowest BCUT2D eigenvalue weighted by Gasteiger charge is -2.02. The molecule has 0 saturated heterocycles. The molecular weight excluding hydrogens is 250 g/mol. The topological polar surface area (TPSA) is 61.7 Å². The second kappa shape index (κ2) is 4.85. The molecule has 0 aliphatic heterocycles. The van der Waals surface area contributed by atoms with Gasteiger partial charge in [-0.05, 0) is 44.2 Å². The fourth-order valence-electron chi connectivity index (χ4n) is 2.26. The van der Waals surface area contributed by atoms with Crippen molar-refractivity contribution in [2.24, 2.45) is 0 Å². The average molecular weight is 267 g/mol. The molecule has 102 valence electrons. The van der Waals surface area contributed by atoms with Gasteiger partial charge in [0.2, 0.25) is 0 Å². The van der Waals surface area contributed by atoms with Crippen LogP contribution in [0.1, 0.15) is 12.6 Å². The van der Waals surface area contributed by atoms with Crippen LogP contribution in [0.5, 0.6) is 0 Å². The third kappa shape index (κ3) is 2.07. The Balaban J connectivity index is 1.97. The molecule has 0 bridgehead atoms. The quantitative estimate of drug-likeness (QED) is 0.742. The van der Waals surface area contributed by atoms with Crippen LogP contribution in [0.25, 0.3) is 16.9 Å². The van der Waals surface area contributed by atoms with Crippen LogP contribution in [0.3, 0.4) is 0 Å². The van der Waals surface area contributed by atoms with Gasteiger partial charge < -0.3 is 5.73 Å². The molecule has 1 aromatic carbocycles. The Morgan fingerprint density at radius 3 is 2.55 bits per heavy atom. The van der Waals surface area contributed by atoms with E-state index < -0.39 is 0 Å². The second-order valence-electron chi connectivity index (χ2n) is 4.70. The van der Waals surface area contributed by atoms with Crippen LogP contribution < -0.4 is 5.73 Å². The zero-order valence-electron chi connectivity index (χ0n) is 11.6. The van der Waals surface area contributed by atoms with E-state index in [1.807, 2.05) is 52.1 Å². The summed E-state index contributed by atoms with van der Waals surface area (Å²) in [6.07, 6.45) is 3.82. The van der Waals surface area contributed by atoms with Crippen molar-refractivity contribution in [3.8, 4) is 16.9 Å². The summed E-state index contributed by atoms with van der Waals surface area (Å²) >= 11 is 0. The van der Waals surface area contributed by atoms with E-state index in [9.17, 15) is 0 Å². The highest BCUT2D eigenvalue weighted by atomic mass is 15.3. The van der Waals surface area contributed by atoms with Gasteiger partial charge in [-0.3, -0.25) is 4.68 Å². The lowest BCUT2D eigenvalue weighted by molar-refractivity contribution is 0.640. The van der Waals surface area contributed by atoms with Crippen LogP contribution in [-0.2, 0) is 6.54 Å². The highest BCUT2D eigenvalue weighted by Crippen LogP contribution is 2.22. The summed E-state index contributed by atoms with van der Waals surface area (Å²) < 4.78 is 3.81. The molecule has 2 N–H and O–H groups in total. The van der Waals surface area contributed by atoms with Gasteiger partial charge in [0.15, 0.2) is 0 Å². The molecule has 3 rings (SSSR count). The highest BCUT2D eigenvalue weighted by Gasteiger charge is 2.10. The third-order valence-electron chi connectivity index (χ3n) is 3.43. The average Bonchev–Trinajstić information content (AvgIpc) is 3.06. The SMILES string of the molecule is CCn1ncc(-c2ccn(-c3ccc(N)cc3)n2)c1C. The summed E-state index contributed by atoms with van der Waals surface area (Å²) in [6, 6.07) is 9.65. The van der Waals surface area contributed by atoms with Gasteiger partial charge in [0.1, 0.15) is 0 Å². The summed E-state index contributed by atoms with van der Waals surface area (Å²) in [7, 11) is 0. The van der Waals surface area contributed by atoms with E-state index in [1.165, 1.54) is 0 Å². The van der Waals surface area contributed by atoms with Gasteiger partial charge in [-0.25, -0.2) is 4.68 Å². The number of nitrogen functional groups attached to an aromatic ring is 1. The van der Waals surface area contributed by atoms with Gasteiger partial charge >= 0.3 is 0 Å². The summed E-state index contributed by atoms with van der Waals surface area (Å²) in [5.41, 5.74) is 10.6. The van der Waals surface area contributed by atoms with Crippen molar-refractivity contribution in [1.29, 1.82) is 0 Å². The Hall–Kier alpha value is -2.56. The standard InChI is InChI=1S/C15H17N5/c1-3-19-11(2)14(10-17-19)15-8-9-20(18-15)13-6-4-12(16)5-7-13/h4-10H,3,16H2,1-2H3. The number of hydrogen-bond acceptors (Lipinski definition) is 3. The van der Waals surface area contributed by atoms with Gasteiger partial charge in [0.05, 0.1) is 17.6 Å². The van der Waals surface area contributed by atoms with Gasteiger partial charge in [0.25, 0.3) is 0 Å². The Labute approximate surface area is 117 Å². The second-order valence-corrected chi connectivity index (χ2v) is 4.70. The molecule has 20 heavy (non-hydrogen) atoms. The molecule has 0 radical (unpaired) electrons. The van der Waals surface area contributed by atoms with Crippen LogP contribution in [0, 0.1) is 6.92 Å². The predicted molar refractivity (Wildman–Crippen MR) is 79.6 cm³/mol. The largest absolute Gasteiger partial charge is 0.399 e.